The van der Waals surface area contributed by atoms with E-state index in [-0.39, 0.29) is 5.41 Å². The number of rotatable bonds is 2. The summed E-state index contributed by atoms with van der Waals surface area (Å²) in [6.07, 6.45) is 2.42. The summed E-state index contributed by atoms with van der Waals surface area (Å²) in [7, 11) is 0. The topological polar surface area (TPSA) is 54.0 Å². The van der Waals surface area contributed by atoms with E-state index in [0.717, 1.165) is 21.2 Å². The first-order chi connectivity index (χ1) is 11.0. The second kappa shape index (κ2) is 4.90. The summed E-state index contributed by atoms with van der Waals surface area (Å²) in [6, 6.07) is 10.6. The average molecular weight is 322 g/mol. The highest BCUT2D eigenvalue weighted by Crippen LogP contribution is 2.42. The lowest BCUT2D eigenvalue weighted by Crippen LogP contribution is -2.10. The van der Waals surface area contributed by atoms with E-state index >= 15 is 0 Å². The van der Waals surface area contributed by atoms with Gasteiger partial charge in [0.25, 0.3) is 0 Å². The lowest BCUT2D eigenvalue weighted by Gasteiger charge is -2.18. The fourth-order valence-corrected chi connectivity index (χ4v) is 3.76. The smallest absolute Gasteiger partial charge is 0.214 e. The Morgan fingerprint density at radius 2 is 1.91 bits per heavy atom. The molecule has 4 rings (SSSR count). The van der Waals surface area contributed by atoms with Crippen molar-refractivity contribution in [3.63, 3.8) is 0 Å². The summed E-state index contributed by atoms with van der Waals surface area (Å²) in [4.78, 5) is 5.49. The predicted octanol–water partition coefficient (Wildman–Crippen LogP) is 4.50. The third-order valence-corrected chi connectivity index (χ3v) is 5.35. The molecule has 1 fully saturated rings. The molecule has 0 aliphatic heterocycles. The van der Waals surface area contributed by atoms with Crippen molar-refractivity contribution in [2.24, 2.45) is 0 Å². The molecule has 0 atom stereocenters. The predicted molar refractivity (Wildman–Crippen MR) is 91.7 cm³/mol. The number of aromatic nitrogens is 3. The molecule has 0 radical (unpaired) electrons. The number of nitrogens with zero attached hydrogens (tertiary/aromatic N) is 4. The van der Waals surface area contributed by atoms with Crippen LogP contribution in [0.5, 0.6) is 0 Å². The Labute approximate surface area is 139 Å². The van der Waals surface area contributed by atoms with Crippen LogP contribution in [-0.2, 0) is 5.41 Å². The van der Waals surface area contributed by atoms with Gasteiger partial charge in [-0.1, -0.05) is 56.4 Å². The Morgan fingerprint density at radius 3 is 2.48 bits per heavy atom. The number of nitriles is 1. The highest BCUT2D eigenvalue weighted by molar-refractivity contribution is 7.16. The zero-order chi connectivity index (χ0) is 16.2. The molecule has 1 aliphatic rings. The van der Waals surface area contributed by atoms with E-state index in [4.69, 9.17) is 0 Å². The molecule has 0 N–H and O–H groups in total. The molecule has 4 nitrogen and oxygen atoms in total. The van der Waals surface area contributed by atoms with Crippen molar-refractivity contribution < 1.29 is 0 Å². The van der Waals surface area contributed by atoms with Gasteiger partial charge in [-0.05, 0) is 23.8 Å². The molecule has 1 aliphatic carbocycles. The van der Waals surface area contributed by atoms with Crippen molar-refractivity contribution in [1.29, 1.82) is 5.26 Å². The Morgan fingerprint density at radius 1 is 1.22 bits per heavy atom. The van der Waals surface area contributed by atoms with Crippen LogP contribution in [0.2, 0.25) is 0 Å². The maximum absolute atomic E-state index is 9.57. The van der Waals surface area contributed by atoms with E-state index < -0.39 is 0 Å². The van der Waals surface area contributed by atoms with Crippen LogP contribution in [0.1, 0.15) is 55.8 Å². The summed E-state index contributed by atoms with van der Waals surface area (Å²) in [6.45, 7) is 6.58. The van der Waals surface area contributed by atoms with Crippen molar-refractivity contribution in [2.75, 3.05) is 0 Å². The fraction of sp³-hybridized carbons (Fsp3) is 0.389. The summed E-state index contributed by atoms with van der Waals surface area (Å²) in [5, 5.41) is 15.3. The Balaban J connectivity index is 1.79. The first kappa shape index (κ1) is 14.4. The van der Waals surface area contributed by atoms with Crippen LogP contribution in [0, 0.1) is 11.3 Å². The monoisotopic (exact) mass is 322 g/mol. The minimum atomic E-state index is 0.117. The SMILES string of the molecule is CC(C)(C)c1ccc(-c2nc3sc(C4CC4)nn3c2C#N)cc1. The van der Waals surface area contributed by atoms with Crippen molar-refractivity contribution in [2.45, 2.75) is 44.9 Å². The fourth-order valence-electron chi connectivity index (χ4n) is 2.69. The van der Waals surface area contributed by atoms with Crippen molar-refractivity contribution in [3.05, 3.63) is 40.5 Å². The van der Waals surface area contributed by atoms with Crippen molar-refractivity contribution in [3.8, 4) is 17.3 Å². The molecular formula is C18H18N4S. The molecule has 1 aromatic carbocycles. The highest BCUT2D eigenvalue weighted by atomic mass is 32.1. The van der Waals surface area contributed by atoms with Crippen LogP contribution in [0.25, 0.3) is 16.2 Å². The van der Waals surface area contributed by atoms with Crippen molar-refractivity contribution >= 4 is 16.3 Å². The van der Waals surface area contributed by atoms with Crippen molar-refractivity contribution in [1.82, 2.24) is 14.6 Å². The molecule has 2 aromatic heterocycles. The van der Waals surface area contributed by atoms with Gasteiger partial charge in [-0.2, -0.15) is 14.9 Å². The first-order valence-corrected chi connectivity index (χ1v) is 8.69. The Hall–Kier alpha value is -2.19. The number of imidazole rings is 1. The standard InChI is InChI=1S/C18H18N4S/c1-18(2,3)13-8-6-11(7-9-13)15-14(10-19)22-17(20-15)23-16(21-22)12-4-5-12/h6-9,12H,4-5H2,1-3H3. The molecule has 0 saturated heterocycles. The zero-order valence-corrected chi connectivity index (χ0v) is 14.3. The zero-order valence-electron chi connectivity index (χ0n) is 13.5. The molecule has 3 aromatic rings. The van der Waals surface area contributed by atoms with Gasteiger partial charge < -0.3 is 0 Å². The molecule has 0 spiro atoms. The molecule has 116 valence electrons. The van der Waals surface area contributed by atoms with E-state index in [0.29, 0.717) is 11.6 Å². The van der Waals surface area contributed by atoms with Crippen LogP contribution >= 0.6 is 11.3 Å². The van der Waals surface area contributed by atoms with Gasteiger partial charge in [0.05, 0.1) is 0 Å². The lowest BCUT2D eigenvalue weighted by atomic mass is 9.86. The van der Waals surface area contributed by atoms with Gasteiger partial charge in [0.2, 0.25) is 4.96 Å². The van der Waals surface area contributed by atoms with Crippen LogP contribution in [-0.4, -0.2) is 14.6 Å². The highest BCUT2D eigenvalue weighted by Gasteiger charge is 2.29. The molecule has 0 bridgehead atoms. The molecule has 23 heavy (non-hydrogen) atoms. The number of benzene rings is 1. The molecule has 5 heteroatoms. The van der Waals surface area contributed by atoms with E-state index in [1.54, 1.807) is 15.9 Å². The maximum Gasteiger partial charge on any atom is 0.214 e. The number of hydrogen-bond acceptors (Lipinski definition) is 4. The Bertz CT molecular complexity index is 915. The largest absolute Gasteiger partial charge is 0.216 e. The second-order valence-corrected chi connectivity index (χ2v) is 8.14. The van der Waals surface area contributed by atoms with E-state index in [1.165, 1.54) is 18.4 Å². The van der Waals surface area contributed by atoms with Gasteiger partial charge in [-0.3, -0.25) is 0 Å². The van der Waals surface area contributed by atoms with Gasteiger partial charge in [0, 0.05) is 11.5 Å². The van der Waals surface area contributed by atoms with Gasteiger partial charge in [-0.25, -0.2) is 4.98 Å². The summed E-state index contributed by atoms with van der Waals surface area (Å²) in [5.41, 5.74) is 3.63. The Kier molecular flexibility index (Phi) is 3.07. The first-order valence-electron chi connectivity index (χ1n) is 7.88. The van der Waals surface area contributed by atoms with Gasteiger partial charge in [0.1, 0.15) is 16.8 Å². The van der Waals surface area contributed by atoms with Gasteiger partial charge in [-0.15, -0.1) is 0 Å². The van der Waals surface area contributed by atoms with Gasteiger partial charge in [0.15, 0.2) is 5.69 Å². The minimum Gasteiger partial charge on any atom is -0.216 e. The second-order valence-electron chi connectivity index (χ2n) is 7.16. The maximum atomic E-state index is 9.57. The van der Waals surface area contributed by atoms with Gasteiger partial charge >= 0.3 is 0 Å². The molecular weight excluding hydrogens is 304 g/mol. The van der Waals surface area contributed by atoms with Crippen LogP contribution < -0.4 is 0 Å². The number of fused-ring (bicyclic) bond motifs is 1. The molecule has 0 amide bonds. The molecule has 2 heterocycles. The van der Waals surface area contributed by atoms with Crippen LogP contribution in [0.4, 0.5) is 0 Å². The summed E-state index contributed by atoms with van der Waals surface area (Å²) < 4.78 is 1.71. The number of hydrogen-bond donors (Lipinski definition) is 0. The molecule has 1 saturated carbocycles. The van der Waals surface area contributed by atoms with E-state index in [1.807, 2.05) is 0 Å². The average Bonchev–Trinajstić information content (AvgIpc) is 3.19. The lowest BCUT2D eigenvalue weighted by molar-refractivity contribution is 0.590. The van der Waals surface area contributed by atoms with E-state index in [2.05, 4.69) is 61.2 Å². The third-order valence-electron chi connectivity index (χ3n) is 4.28. The minimum absolute atomic E-state index is 0.117. The normalized spacial score (nSPS) is 15.0. The van der Waals surface area contributed by atoms with Crippen LogP contribution in [0.15, 0.2) is 24.3 Å². The summed E-state index contributed by atoms with van der Waals surface area (Å²) in [5.74, 6) is 0.586. The van der Waals surface area contributed by atoms with Crippen LogP contribution in [0.3, 0.4) is 0 Å². The quantitative estimate of drug-likeness (QED) is 0.698. The van der Waals surface area contributed by atoms with E-state index in [9.17, 15) is 5.26 Å². The third kappa shape index (κ3) is 2.43. The molecule has 0 unspecified atom stereocenters. The summed E-state index contributed by atoms with van der Waals surface area (Å²) >= 11 is 1.61.